The maximum absolute atomic E-state index is 12.1. The monoisotopic (exact) mass is 385 g/mol. The van der Waals surface area contributed by atoms with Crippen LogP contribution < -0.4 is 20.3 Å². The van der Waals surface area contributed by atoms with Crippen LogP contribution in [0, 0.1) is 0 Å². The molecule has 2 aromatic rings. The second-order valence-corrected chi connectivity index (χ2v) is 6.60. The Morgan fingerprint density at radius 1 is 1.14 bits per heavy atom. The average molecular weight is 385 g/mol. The number of nitrogens with one attached hydrogen (secondary N) is 2. The maximum atomic E-state index is 12.1. The van der Waals surface area contributed by atoms with Gasteiger partial charge in [-0.15, -0.1) is 0 Å². The van der Waals surface area contributed by atoms with Gasteiger partial charge in [0.05, 0.1) is 18.5 Å². The fraction of sp³-hybridized carbons (Fsp3) is 0.450. The molecule has 2 aromatic heterocycles. The highest BCUT2D eigenvalue weighted by Gasteiger charge is 2.12. The zero-order valence-corrected chi connectivity index (χ0v) is 16.2. The smallest absolute Gasteiger partial charge is 0.319 e. The van der Waals surface area contributed by atoms with Gasteiger partial charge in [0.1, 0.15) is 12.4 Å². The number of amides is 2. The molecule has 1 aliphatic heterocycles. The van der Waals surface area contributed by atoms with E-state index < -0.39 is 0 Å². The lowest BCUT2D eigenvalue weighted by molar-refractivity contribution is 0.144. The highest BCUT2D eigenvalue weighted by Crippen LogP contribution is 2.18. The standard InChI is InChI=1S/C20H27N5O3/c1-27-11-12-28-19-6-5-17(15-22-19)24-20(26)23-14-16-7-8-21-18(13-16)25-9-3-2-4-10-25/h5-8,13,15H,2-4,9-12,14H2,1H3,(H2,23,24,26). The number of aromatic nitrogens is 2. The summed E-state index contributed by atoms with van der Waals surface area (Å²) in [6.07, 6.45) is 7.05. The highest BCUT2D eigenvalue weighted by molar-refractivity contribution is 5.88. The minimum atomic E-state index is -0.286. The summed E-state index contributed by atoms with van der Waals surface area (Å²) < 4.78 is 10.3. The molecule has 0 aromatic carbocycles. The van der Waals surface area contributed by atoms with Crippen molar-refractivity contribution in [2.45, 2.75) is 25.8 Å². The van der Waals surface area contributed by atoms with E-state index >= 15 is 0 Å². The molecule has 1 aliphatic rings. The van der Waals surface area contributed by atoms with Gasteiger partial charge in [-0.1, -0.05) is 0 Å². The Balaban J connectivity index is 1.46. The number of anilines is 2. The molecule has 8 heteroatoms. The van der Waals surface area contributed by atoms with Crippen molar-refractivity contribution < 1.29 is 14.3 Å². The molecule has 1 saturated heterocycles. The van der Waals surface area contributed by atoms with Gasteiger partial charge < -0.3 is 25.0 Å². The molecule has 3 heterocycles. The molecule has 0 spiro atoms. The fourth-order valence-corrected chi connectivity index (χ4v) is 2.99. The van der Waals surface area contributed by atoms with Crippen LogP contribution >= 0.6 is 0 Å². The molecule has 2 N–H and O–H groups in total. The third-order valence-corrected chi connectivity index (χ3v) is 4.47. The van der Waals surface area contributed by atoms with E-state index in [1.54, 1.807) is 31.6 Å². The Kier molecular flexibility index (Phi) is 7.43. The fourth-order valence-electron chi connectivity index (χ4n) is 2.99. The van der Waals surface area contributed by atoms with E-state index in [2.05, 4.69) is 25.5 Å². The van der Waals surface area contributed by atoms with Crippen LogP contribution in [0.5, 0.6) is 5.88 Å². The Morgan fingerprint density at radius 3 is 2.75 bits per heavy atom. The zero-order chi connectivity index (χ0) is 19.6. The molecule has 0 bridgehead atoms. The SMILES string of the molecule is COCCOc1ccc(NC(=O)NCc2ccnc(N3CCCCC3)c2)cn1. The van der Waals surface area contributed by atoms with Crippen LogP contribution in [0.4, 0.5) is 16.3 Å². The molecule has 0 atom stereocenters. The van der Waals surface area contributed by atoms with Crippen molar-refractivity contribution in [3.05, 3.63) is 42.2 Å². The number of rotatable bonds is 8. The number of piperidine rings is 1. The average Bonchev–Trinajstić information content (AvgIpc) is 2.75. The third kappa shape index (κ3) is 6.09. The summed E-state index contributed by atoms with van der Waals surface area (Å²) in [7, 11) is 1.61. The molecule has 1 fully saturated rings. The minimum absolute atomic E-state index is 0.286. The van der Waals surface area contributed by atoms with Gasteiger partial charge in [-0.2, -0.15) is 0 Å². The lowest BCUT2D eigenvalue weighted by Crippen LogP contribution is -2.31. The normalized spacial score (nSPS) is 13.8. The summed E-state index contributed by atoms with van der Waals surface area (Å²) >= 11 is 0. The highest BCUT2D eigenvalue weighted by atomic mass is 16.5. The lowest BCUT2D eigenvalue weighted by Gasteiger charge is -2.27. The quantitative estimate of drug-likeness (QED) is 0.680. The topological polar surface area (TPSA) is 88.6 Å². The number of hydrogen-bond acceptors (Lipinski definition) is 6. The molecule has 3 rings (SSSR count). The maximum Gasteiger partial charge on any atom is 0.319 e. The van der Waals surface area contributed by atoms with E-state index in [1.165, 1.54) is 19.3 Å². The number of nitrogens with zero attached hydrogens (tertiary/aromatic N) is 3. The first-order chi connectivity index (χ1) is 13.7. The number of ether oxygens (including phenoxy) is 2. The van der Waals surface area contributed by atoms with Crippen LogP contribution in [-0.4, -0.2) is 49.4 Å². The first-order valence-corrected chi connectivity index (χ1v) is 9.57. The third-order valence-electron chi connectivity index (χ3n) is 4.47. The molecule has 0 radical (unpaired) electrons. The predicted octanol–water partition coefficient (Wildman–Crippen LogP) is 2.81. The number of carbonyl (C=O) groups is 1. The summed E-state index contributed by atoms with van der Waals surface area (Å²) in [5.74, 6) is 1.47. The van der Waals surface area contributed by atoms with Gasteiger partial charge in [-0.3, -0.25) is 0 Å². The summed E-state index contributed by atoms with van der Waals surface area (Å²) in [6.45, 7) is 3.45. The van der Waals surface area contributed by atoms with Crippen molar-refractivity contribution in [1.82, 2.24) is 15.3 Å². The van der Waals surface area contributed by atoms with Gasteiger partial charge >= 0.3 is 6.03 Å². The molecule has 8 nitrogen and oxygen atoms in total. The zero-order valence-electron chi connectivity index (χ0n) is 16.2. The van der Waals surface area contributed by atoms with Crippen LogP contribution in [0.3, 0.4) is 0 Å². The van der Waals surface area contributed by atoms with Gasteiger partial charge in [-0.05, 0) is 43.0 Å². The van der Waals surface area contributed by atoms with E-state index in [0.29, 0.717) is 31.3 Å². The molecule has 0 aliphatic carbocycles. The largest absolute Gasteiger partial charge is 0.475 e. The molecule has 0 saturated carbocycles. The molecular weight excluding hydrogens is 358 g/mol. The van der Waals surface area contributed by atoms with E-state index in [0.717, 1.165) is 24.5 Å². The molecule has 2 amide bonds. The van der Waals surface area contributed by atoms with E-state index in [4.69, 9.17) is 9.47 Å². The van der Waals surface area contributed by atoms with Gasteiger partial charge in [0.2, 0.25) is 5.88 Å². The number of methoxy groups -OCH3 is 1. The Labute approximate surface area is 165 Å². The van der Waals surface area contributed by atoms with Crippen LogP contribution in [0.2, 0.25) is 0 Å². The van der Waals surface area contributed by atoms with E-state index in [1.807, 2.05) is 12.1 Å². The second kappa shape index (κ2) is 10.5. The van der Waals surface area contributed by atoms with Gasteiger partial charge in [0.15, 0.2) is 0 Å². The number of carbonyl (C=O) groups excluding carboxylic acids is 1. The second-order valence-electron chi connectivity index (χ2n) is 6.60. The van der Waals surface area contributed by atoms with Crippen molar-refractivity contribution in [2.75, 3.05) is 43.6 Å². The summed E-state index contributed by atoms with van der Waals surface area (Å²) in [5.41, 5.74) is 1.62. The van der Waals surface area contributed by atoms with Gasteiger partial charge in [0.25, 0.3) is 0 Å². The number of hydrogen-bond donors (Lipinski definition) is 2. The van der Waals surface area contributed by atoms with Crippen molar-refractivity contribution >= 4 is 17.5 Å². The lowest BCUT2D eigenvalue weighted by atomic mass is 10.1. The van der Waals surface area contributed by atoms with Gasteiger partial charge in [-0.25, -0.2) is 14.8 Å². The van der Waals surface area contributed by atoms with Crippen LogP contribution in [0.25, 0.3) is 0 Å². The minimum Gasteiger partial charge on any atom is -0.475 e. The Hall–Kier alpha value is -2.87. The molecule has 150 valence electrons. The summed E-state index contributed by atoms with van der Waals surface area (Å²) in [4.78, 5) is 23.1. The van der Waals surface area contributed by atoms with Crippen molar-refractivity contribution in [3.63, 3.8) is 0 Å². The molecular formula is C20H27N5O3. The molecule has 28 heavy (non-hydrogen) atoms. The summed E-state index contributed by atoms with van der Waals surface area (Å²) in [5, 5.41) is 5.63. The summed E-state index contributed by atoms with van der Waals surface area (Å²) in [6, 6.07) is 7.13. The Bertz CT molecular complexity index is 748. The van der Waals surface area contributed by atoms with Crippen molar-refractivity contribution in [3.8, 4) is 5.88 Å². The van der Waals surface area contributed by atoms with Crippen LogP contribution in [-0.2, 0) is 11.3 Å². The van der Waals surface area contributed by atoms with E-state index in [-0.39, 0.29) is 6.03 Å². The van der Waals surface area contributed by atoms with Crippen LogP contribution in [0.15, 0.2) is 36.7 Å². The predicted molar refractivity (Wildman–Crippen MR) is 108 cm³/mol. The Morgan fingerprint density at radius 2 is 2.00 bits per heavy atom. The number of pyridine rings is 2. The number of urea groups is 1. The van der Waals surface area contributed by atoms with Crippen molar-refractivity contribution in [1.29, 1.82) is 0 Å². The van der Waals surface area contributed by atoms with E-state index in [9.17, 15) is 4.79 Å². The van der Waals surface area contributed by atoms with Crippen molar-refractivity contribution in [2.24, 2.45) is 0 Å². The first-order valence-electron chi connectivity index (χ1n) is 9.57. The van der Waals surface area contributed by atoms with Gasteiger partial charge in [0, 0.05) is 39.0 Å². The van der Waals surface area contributed by atoms with Crippen LogP contribution in [0.1, 0.15) is 24.8 Å². The molecule has 0 unspecified atom stereocenters. The first kappa shape index (κ1) is 19.9.